The van der Waals surface area contributed by atoms with E-state index in [4.69, 9.17) is 9.84 Å². The van der Waals surface area contributed by atoms with Crippen molar-refractivity contribution in [1.29, 1.82) is 0 Å². The van der Waals surface area contributed by atoms with Crippen molar-refractivity contribution in [1.82, 2.24) is 9.80 Å². The maximum absolute atomic E-state index is 11.7. The fourth-order valence-electron chi connectivity index (χ4n) is 2.50. The lowest BCUT2D eigenvalue weighted by Crippen LogP contribution is -2.50. The average Bonchev–Trinajstić information content (AvgIpc) is 2.35. The van der Waals surface area contributed by atoms with Crippen LogP contribution >= 0.6 is 0 Å². The Morgan fingerprint density at radius 2 is 1.94 bits per heavy atom. The SMILES string of the molecule is O=C1CCOCC1CN1CCN(CCO)CC1. The second-order valence-electron chi connectivity index (χ2n) is 4.85. The fourth-order valence-corrected chi connectivity index (χ4v) is 2.50. The third-order valence-electron chi connectivity index (χ3n) is 3.63. The molecule has 17 heavy (non-hydrogen) atoms. The van der Waals surface area contributed by atoms with Crippen molar-refractivity contribution in [3.63, 3.8) is 0 Å². The first-order valence-corrected chi connectivity index (χ1v) is 6.45. The van der Waals surface area contributed by atoms with Crippen molar-refractivity contribution in [2.24, 2.45) is 5.92 Å². The van der Waals surface area contributed by atoms with Gasteiger partial charge in [0.05, 0.1) is 25.7 Å². The van der Waals surface area contributed by atoms with Crippen LogP contribution in [0.3, 0.4) is 0 Å². The van der Waals surface area contributed by atoms with Gasteiger partial charge < -0.3 is 9.84 Å². The summed E-state index contributed by atoms with van der Waals surface area (Å²) in [6.45, 7) is 6.98. The summed E-state index contributed by atoms with van der Waals surface area (Å²) in [5.74, 6) is 0.433. The van der Waals surface area contributed by atoms with Crippen LogP contribution in [0.15, 0.2) is 0 Å². The monoisotopic (exact) mass is 242 g/mol. The number of carbonyl (C=O) groups excluding carboxylic acids is 1. The number of rotatable bonds is 4. The molecular formula is C12H22N2O3. The first-order chi connectivity index (χ1) is 8.29. The molecule has 5 nitrogen and oxygen atoms in total. The van der Waals surface area contributed by atoms with Crippen LogP contribution in [-0.4, -0.2) is 79.8 Å². The number of hydrogen-bond acceptors (Lipinski definition) is 5. The minimum atomic E-state index is 0.0770. The summed E-state index contributed by atoms with van der Waals surface area (Å²) in [6.07, 6.45) is 0.579. The normalized spacial score (nSPS) is 28.5. The van der Waals surface area contributed by atoms with Crippen LogP contribution in [0, 0.1) is 5.92 Å². The Hall–Kier alpha value is -0.490. The number of aliphatic hydroxyl groups is 1. The highest BCUT2D eigenvalue weighted by Gasteiger charge is 2.26. The van der Waals surface area contributed by atoms with E-state index in [-0.39, 0.29) is 12.5 Å². The van der Waals surface area contributed by atoms with Crippen LogP contribution in [0.4, 0.5) is 0 Å². The van der Waals surface area contributed by atoms with Crippen LogP contribution in [-0.2, 0) is 9.53 Å². The molecule has 0 aliphatic carbocycles. The predicted octanol–water partition coefficient (Wildman–Crippen LogP) is -0.798. The van der Waals surface area contributed by atoms with Gasteiger partial charge in [-0.15, -0.1) is 0 Å². The van der Waals surface area contributed by atoms with Gasteiger partial charge in [0.1, 0.15) is 5.78 Å². The Morgan fingerprint density at radius 1 is 1.24 bits per heavy atom. The fraction of sp³-hybridized carbons (Fsp3) is 0.917. The Kier molecular flexibility index (Phi) is 4.91. The van der Waals surface area contributed by atoms with Gasteiger partial charge in [-0.1, -0.05) is 0 Å². The molecule has 5 heteroatoms. The molecule has 1 atom stereocenters. The smallest absolute Gasteiger partial charge is 0.141 e. The van der Waals surface area contributed by atoms with Crippen molar-refractivity contribution in [2.75, 3.05) is 59.1 Å². The summed E-state index contributed by atoms with van der Waals surface area (Å²) in [5, 5.41) is 8.86. The highest BCUT2D eigenvalue weighted by atomic mass is 16.5. The number of piperazine rings is 1. The number of ketones is 1. The van der Waals surface area contributed by atoms with E-state index in [1.807, 2.05) is 0 Å². The lowest BCUT2D eigenvalue weighted by atomic mass is 10.00. The van der Waals surface area contributed by atoms with Crippen LogP contribution in [0.2, 0.25) is 0 Å². The lowest BCUT2D eigenvalue weighted by Gasteiger charge is -2.36. The number of Topliss-reactive ketones (excluding diaryl/α,β-unsaturated/α-hetero) is 1. The minimum Gasteiger partial charge on any atom is -0.395 e. The number of ether oxygens (including phenoxy) is 1. The topological polar surface area (TPSA) is 53.0 Å². The van der Waals surface area contributed by atoms with E-state index in [9.17, 15) is 4.79 Å². The molecule has 0 spiro atoms. The van der Waals surface area contributed by atoms with Gasteiger partial charge in [-0.3, -0.25) is 14.6 Å². The van der Waals surface area contributed by atoms with Gasteiger partial charge in [-0.25, -0.2) is 0 Å². The number of nitrogens with zero attached hydrogens (tertiary/aromatic N) is 2. The summed E-state index contributed by atoms with van der Waals surface area (Å²) < 4.78 is 5.36. The Balaban J connectivity index is 1.72. The van der Waals surface area contributed by atoms with Gasteiger partial charge in [0, 0.05) is 45.7 Å². The number of aliphatic hydroxyl groups excluding tert-OH is 1. The first kappa shape index (κ1) is 13.0. The van der Waals surface area contributed by atoms with Crippen LogP contribution in [0.25, 0.3) is 0 Å². The molecule has 0 saturated carbocycles. The first-order valence-electron chi connectivity index (χ1n) is 6.45. The van der Waals surface area contributed by atoms with E-state index in [0.717, 1.165) is 39.3 Å². The molecular weight excluding hydrogens is 220 g/mol. The number of carbonyl (C=O) groups is 1. The largest absolute Gasteiger partial charge is 0.395 e. The number of hydrogen-bond donors (Lipinski definition) is 1. The quantitative estimate of drug-likeness (QED) is 0.699. The summed E-state index contributed by atoms with van der Waals surface area (Å²) in [6, 6.07) is 0. The molecule has 2 fully saturated rings. The standard InChI is InChI=1S/C12H22N2O3/c15-7-6-13-2-4-14(5-3-13)9-11-10-17-8-1-12(11)16/h11,15H,1-10H2. The van der Waals surface area contributed by atoms with E-state index in [1.54, 1.807) is 0 Å². The van der Waals surface area contributed by atoms with Gasteiger partial charge in [0.2, 0.25) is 0 Å². The van der Waals surface area contributed by atoms with Gasteiger partial charge in [-0.2, -0.15) is 0 Å². The van der Waals surface area contributed by atoms with Gasteiger partial charge in [-0.05, 0) is 0 Å². The van der Waals surface area contributed by atoms with E-state index in [1.165, 1.54) is 0 Å². The second-order valence-corrected chi connectivity index (χ2v) is 4.85. The maximum atomic E-state index is 11.7. The van der Waals surface area contributed by atoms with Crippen LogP contribution in [0.5, 0.6) is 0 Å². The van der Waals surface area contributed by atoms with Crippen LogP contribution < -0.4 is 0 Å². The molecule has 2 aliphatic heterocycles. The van der Waals surface area contributed by atoms with E-state index in [0.29, 0.717) is 25.4 Å². The molecule has 1 unspecified atom stereocenters. The summed E-state index contributed by atoms with van der Waals surface area (Å²) in [7, 11) is 0. The highest BCUT2D eigenvalue weighted by molar-refractivity contribution is 5.82. The molecule has 0 bridgehead atoms. The zero-order valence-electron chi connectivity index (χ0n) is 10.3. The maximum Gasteiger partial charge on any atom is 0.141 e. The van der Waals surface area contributed by atoms with E-state index in [2.05, 4.69) is 9.80 Å². The second kappa shape index (κ2) is 6.44. The Labute approximate surface area is 102 Å². The molecule has 0 aromatic rings. The highest BCUT2D eigenvalue weighted by Crippen LogP contribution is 2.13. The average molecular weight is 242 g/mol. The number of β-amino-alcohol motifs (C(OH)–C–C–N with tert-alkyl or cyclic N) is 1. The van der Waals surface area contributed by atoms with Crippen molar-refractivity contribution in [3.05, 3.63) is 0 Å². The van der Waals surface area contributed by atoms with Crippen molar-refractivity contribution >= 4 is 5.78 Å². The van der Waals surface area contributed by atoms with E-state index >= 15 is 0 Å². The lowest BCUT2D eigenvalue weighted by molar-refractivity contribution is -0.131. The zero-order chi connectivity index (χ0) is 12.1. The van der Waals surface area contributed by atoms with Gasteiger partial charge >= 0.3 is 0 Å². The Bertz CT molecular complexity index is 252. The zero-order valence-corrected chi connectivity index (χ0v) is 10.3. The predicted molar refractivity (Wildman–Crippen MR) is 63.9 cm³/mol. The van der Waals surface area contributed by atoms with Gasteiger partial charge in [0.25, 0.3) is 0 Å². The molecule has 2 aliphatic rings. The molecule has 1 N–H and O–H groups in total. The third-order valence-corrected chi connectivity index (χ3v) is 3.63. The molecule has 2 saturated heterocycles. The van der Waals surface area contributed by atoms with Crippen molar-refractivity contribution in [2.45, 2.75) is 6.42 Å². The molecule has 0 aromatic carbocycles. The van der Waals surface area contributed by atoms with E-state index < -0.39 is 0 Å². The summed E-state index contributed by atoms with van der Waals surface area (Å²) in [4.78, 5) is 16.3. The van der Waals surface area contributed by atoms with Crippen molar-refractivity contribution < 1.29 is 14.6 Å². The Morgan fingerprint density at radius 3 is 2.59 bits per heavy atom. The molecule has 2 heterocycles. The van der Waals surface area contributed by atoms with Crippen LogP contribution in [0.1, 0.15) is 6.42 Å². The van der Waals surface area contributed by atoms with Gasteiger partial charge in [0.15, 0.2) is 0 Å². The molecule has 0 amide bonds. The summed E-state index contributed by atoms with van der Waals surface area (Å²) in [5.41, 5.74) is 0. The summed E-state index contributed by atoms with van der Waals surface area (Å²) >= 11 is 0. The molecule has 0 radical (unpaired) electrons. The third kappa shape index (κ3) is 3.74. The minimum absolute atomic E-state index is 0.0770. The molecule has 98 valence electrons. The molecule has 2 rings (SSSR count). The van der Waals surface area contributed by atoms with Crippen molar-refractivity contribution in [3.8, 4) is 0 Å². The molecule has 0 aromatic heterocycles.